The number of rotatable bonds is 9. The van der Waals surface area contributed by atoms with E-state index < -0.39 is 24.3 Å². The lowest BCUT2D eigenvalue weighted by atomic mass is 10.2. The Labute approximate surface area is 171 Å². The number of hydrogen-bond donors (Lipinski definition) is 2. The van der Waals surface area contributed by atoms with E-state index in [0.717, 1.165) is 17.7 Å². The van der Waals surface area contributed by atoms with Crippen LogP contribution in [0.1, 0.15) is 27.3 Å². The van der Waals surface area contributed by atoms with Gasteiger partial charge in [0.2, 0.25) is 5.78 Å². The number of pyridine rings is 1. The second kappa shape index (κ2) is 9.29. The normalized spacial score (nSPS) is 12.3. The highest BCUT2D eigenvalue weighted by Gasteiger charge is 2.20. The quantitative estimate of drug-likeness (QED) is 0.517. The molecule has 3 rings (SSSR count). The van der Waals surface area contributed by atoms with Crippen LogP contribution in [0, 0.1) is 25.5 Å². The zero-order chi connectivity index (χ0) is 21.8. The van der Waals surface area contributed by atoms with Crippen molar-refractivity contribution in [1.82, 2.24) is 9.38 Å². The Morgan fingerprint density at radius 2 is 1.97 bits per heavy atom. The molecule has 2 heterocycles. The SMILES string of the molecule is Cc1cc(OCc2c(F)cccc2F)c2nc(C)c(C(=O)COC[C@H](O)CO)n2c1. The molecule has 0 fully saturated rings. The number of hydrogen-bond acceptors (Lipinski definition) is 6. The van der Waals surface area contributed by atoms with Gasteiger partial charge in [-0.3, -0.25) is 9.20 Å². The molecule has 7 nitrogen and oxygen atoms in total. The van der Waals surface area contributed by atoms with Crippen molar-refractivity contribution in [2.24, 2.45) is 0 Å². The third kappa shape index (κ3) is 4.64. The van der Waals surface area contributed by atoms with Crippen molar-refractivity contribution in [3.8, 4) is 5.75 Å². The van der Waals surface area contributed by atoms with Crippen molar-refractivity contribution in [1.29, 1.82) is 0 Å². The summed E-state index contributed by atoms with van der Waals surface area (Å²) in [5.74, 6) is -1.52. The van der Waals surface area contributed by atoms with Gasteiger partial charge < -0.3 is 19.7 Å². The molecule has 2 aromatic heterocycles. The van der Waals surface area contributed by atoms with Gasteiger partial charge in [-0.15, -0.1) is 0 Å². The summed E-state index contributed by atoms with van der Waals surface area (Å²) in [7, 11) is 0. The molecule has 0 saturated heterocycles. The molecule has 1 atom stereocenters. The van der Waals surface area contributed by atoms with E-state index in [1.807, 2.05) is 0 Å². The molecule has 2 N–H and O–H groups in total. The summed E-state index contributed by atoms with van der Waals surface area (Å²) >= 11 is 0. The fourth-order valence-electron chi connectivity index (χ4n) is 3.03. The van der Waals surface area contributed by atoms with Gasteiger partial charge in [-0.2, -0.15) is 0 Å². The van der Waals surface area contributed by atoms with Gasteiger partial charge in [-0.25, -0.2) is 13.8 Å². The van der Waals surface area contributed by atoms with Gasteiger partial charge in [-0.05, 0) is 37.6 Å². The highest BCUT2D eigenvalue weighted by molar-refractivity contribution is 5.97. The Morgan fingerprint density at radius 1 is 1.27 bits per heavy atom. The maximum absolute atomic E-state index is 13.9. The van der Waals surface area contributed by atoms with Crippen LogP contribution >= 0.6 is 0 Å². The zero-order valence-corrected chi connectivity index (χ0v) is 16.6. The standard InChI is InChI=1S/C21H22F2N2O5/c1-12-6-19(30-10-15-16(22)4-3-5-17(15)23)21-24-13(2)20(25(21)7-12)18(28)11-29-9-14(27)8-26/h3-7,14,26-27H,8-11H2,1-2H3/t14-/m1/s1. The van der Waals surface area contributed by atoms with Crippen molar-refractivity contribution in [2.45, 2.75) is 26.6 Å². The van der Waals surface area contributed by atoms with Crippen molar-refractivity contribution < 1.29 is 33.3 Å². The second-order valence-corrected chi connectivity index (χ2v) is 6.88. The third-order valence-electron chi connectivity index (χ3n) is 4.45. The van der Waals surface area contributed by atoms with Gasteiger partial charge in [0.05, 0.1) is 24.5 Å². The number of aliphatic hydroxyl groups excluding tert-OH is 2. The first-order valence-electron chi connectivity index (χ1n) is 9.26. The Morgan fingerprint density at radius 3 is 2.63 bits per heavy atom. The van der Waals surface area contributed by atoms with E-state index in [0.29, 0.717) is 11.3 Å². The van der Waals surface area contributed by atoms with Gasteiger partial charge in [0.1, 0.15) is 36.6 Å². The Hall–Kier alpha value is -2.88. The largest absolute Gasteiger partial charge is 0.485 e. The number of benzene rings is 1. The molecule has 160 valence electrons. The van der Waals surface area contributed by atoms with Crippen LogP contribution < -0.4 is 4.74 Å². The number of aromatic nitrogens is 2. The first-order chi connectivity index (χ1) is 14.3. The minimum atomic E-state index is -1.07. The van der Waals surface area contributed by atoms with Crippen molar-refractivity contribution in [3.63, 3.8) is 0 Å². The number of ketones is 1. The average molecular weight is 420 g/mol. The molecule has 0 bridgehead atoms. The number of aliphatic hydroxyl groups is 2. The van der Waals surface area contributed by atoms with Gasteiger partial charge >= 0.3 is 0 Å². The molecule has 0 spiro atoms. The number of imidazole rings is 1. The van der Waals surface area contributed by atoms with Crippen LogP contribution in [-0.2, 0) is 11.3 Å². The predicted molar refractivity (Wildman–Crippen MR) is 104 cm³/mol. The highest BCUT2D eigenvalue weighted by atomic mass is 19.1. The number of halogens is 2. The van der Waals surface area contributed by atoms with Crippen molar-refractivity contribution in [2.75, 3.05) is 19.8 Å². The molecule has 1 aromatic carbocycles. The molecule has 9 heteroatoms. The zero-order valence-electron chi connectivity index (χ0n) is 16.6. The molecule has 0 aliphatic carbocycles. The Balaban J connectivity index is 1.87. The molecule has 3 aromatic rings. The average Bonchev–Trinajstić information content (AvgIpc) is 3.03. The summed E-state index contributed by atoms with van der Waals surface area (Å²) in [5.41, 5.74) is 1.57. The lowest BCUT2D eigenvalue weighted by Crippen LogP contribution is -2.22. The number of fused-ring (bicyclic) bond motifs is 1. The molecular weight excluding hydrogens is 398 g/mol. The Bertz CT molecular complexity index is 1050. The fraction of sp³-hybridized carbons (Fsp3) is 0.333. The van der Waals surface area contributed by atoms with E-state index >= 15 is 0 Å². The van der Waals surface area contributed by atoms with Crippen LogP contribution in [0.4, 0.5) is 8.78 Å². The van der Waals surface area contributed by atoms with E-state index in [1.165, 1.54) is 6.07 Å². The number of carbonyl (C=O) groups is 1. The van der Waals surface area contributed by atoms with Gasteiger partial charge in [0, 0.05) is 6.20 Å². The summed E-state index contributed by atoms with van der Waals surface area (Å²) in [6.07, 6.45) is 0.629. The van der Waals surface area contributed by atoms with E-state index in [1.54, 1.807) is 30.5 Å². The topological polar surface area (TPSA) is 93.3 Å². The molecule has 0 saturated carbocycles. The number of carbonyl (C=O) groups excluding carboxylic acids is 1. The molecule has 0 unspecified atom stereocenters. The van der Waals surface area contributed by atoms with E-state index in [-0.39, 0.29) is 42.6 Å². The van der Waals surface area contributed by atoms with Crippen LogP contribution in [0.5, 0.6) is 5.75 Å². The Kier molecular flexibility index (Phi) is 6.76. The van der Waals surface area contributed by atoms with Crippen molar-refractivity contribution in [3.05, 3.63) is 64.6 Å². The third-order valence-corrected chi connectivity index (χ3v) is 4.45. The lowest BCUT2D eigenvalue weighted by molar-refractivity contribution is 0.00881. The maximum Gasteiger partial charge on any atom is 0.207 e. The summed E-state index contributed by atoms with van der Waals surface area (Å²) in [5, 5.41) is 18.1. The van der Waals surface area contributed by atoms with Crippen LogP contribution in [-0.4, -0.2) is 51.3 Å². The number of Topliss-reactive ketones (excluding diaryl/α,β-unsaturated/α-hetero) is 1. The van der Waals surface area contributed by atoms with Crippen molar-refractivity contribution >= 4 is 11.4 Å². The number of nitrogens with zero attached hydrogens (tertiary/aromatic N) is 2. The fourth-order valence-corrected chi connectivity index (χ4v) is 3.03. The van der Waals surface area contributed by atoms with Gasteiger partial charge in [0.15, 0.2) is 11.4 Å². The smallest absolute Gasteiger partial charge is 0.207 e. The predicted octanol–water partition coefficient (Wildman–Crippen LogP) is 2.36. The number of ether oxygens (including phenoxy) is 2. The van der Waals surface area contributed by atoms with Gasteiger partial charge in [0.25, 0.3) is 0 Å². The summed E-state index contributed by atoms with van der Waals surface area (Å²) in [6, 6.07) is 5.24. The summed E-state index contributed by atoms with van der Waals surface area (Å²) in [6.45, 7) is 2.14. The molecule has 0 aliphatic heterocycles. The first-order valence-corrected chi connectivity index (χ1v) is 9.26. The second-order valence-electron chi connectivity index (χ2n) is 6.88. The molecule has 30 heavy (non-hydrogen) atoms. The molecule has 0 amide bonds. The maximum atomic E-state index is 13.9. The van der Waals surface area contributed by atoms with Gasteiger partial charge in [-0.1, -0.05) is 6.07 Å². The van der Waals surface area contributed by atoms with Crippen LogP contribution in [0.15, 0.2) is 30.5 Å². The molecular formula is C21H22F2N2O5. The molecule has 0 radical (unpaired) electrons. The molecule has 0 aliphatic rings. The minimum Gasteiger partial charge on any atom is -0.485 e. The van der Waals surface area contributed by atoms with E-state index in [4.69, 9.17) is 14.6 Å². The van der Waals surface area contributed by atoms with E-state index in [9.17, 15) is 18.7 Å². The number of aryl methyl sites for hydroxylation is 2. The van der Waals surface area contributed by atoms with E-state index in [2.05, 4.69) is 4.98 Å². The lowest BCUT2D eigenvalue weighted by Gasteiger charge is -2.11. The monoisotopic (exact) mass is 420 g/mol. The van der Waals surface area contributed by atoms with Crippen LogP contribution in [0.2, 0.25) is 0 Å². The summed E-state index contributed by atoms with van der Waals surface area (Å²) in [4.78, 5) is 17.0. The first kappa shape index (κ1) is 21.8. The van der Waals surface area contributed by atoms with Crippen LogP contribution in [0.25, 0.3) is 5.65 Å². The minimum absolute atomic E-state index is 0.181. The van der Waals surface area contributed by atoms with Crippen LogP contribution in [0.3, 0.4) is 0 Å². The highest BCUT2D eigenvalue weighted by Crippen LogP contribution is 2.26. The summed E-state index contributed by atoms with van der Waals surface area (Å²) < 4.78 is 40.1.